The lowest BCUT2D eigenvalue weighted by molar-refractivity contribution is -0.136. The van der Waals surface area contributed by atoms with Gasteiger partial charge < -0.3 is 5.11 Å². The summed E-state index contributed by atoms with van der Waals surface area (Å²) in [6, 6.07) is 0. The third-order valence-electron chi connectivity index (χ3n) is 1.57. The van der Waals surface area contributed by atoms with Crippen molar-refractivity contribution in [2.45, 2.75) is 31.5 Å². The molecule has 1 N–H and O–H groups in total. The molecule has 0 amide bonds. The van der Waals surface area contributed by atoms with E-state index < -0.39 is 5.97 Å². The highest BCUT2D eigenvalue weighted by atomic mass is 79.9. The Bertz CT molecular complexity index is 114. The standard InChI is InChI=1S/C7H13BrO2/c1-3-5(2)4-6(8)7(9)10/h5-6H,3-4H2,1-2H3,(H,9,10). The van der Waals surface area contributed by atoms with Crippen LogP contribution in [0.25, 0.3) is 0 Å². The summed E-state index contributed by atoms with van der Waals surface area (Å²) in [5.41, 5.74) is 0. The molecule has 0 fully saturated rings. The molecule has 2 nitrogen and oxygen atoms in total. The quantitative estimate of drug-likeness (QED) is 0.721. The first-order chi connectivity index (χ1) is 4.57. The Balaban J connectivity index is 3.56. The summed E-state index contributed by atoms with van der Waals surface area (Å²) in [7, 11) is 0. The predicted molar refractivity (Wildman–Crippen MR) is 44.4 cm³/mol. The van der Waals surface area contributed by atoms with Gasteiger partial charge in [0.25, 0.3) is 0 Å². The van der Waals surface area contributed by atoms with Gasteiger partial charge in [0.1, 0.15) is 4.83 Å². The van der Waals surface area contributed by atoms with Crippen molar-refractivity contribution < 1.29 is 9.90 Å². The van der Waals surface area contributed by atoms with Crippen molar-refractivity contribution in [2.24, 2.45) is 5.92 Å². The summed E-state index contributed by atoms with van der Waals surface area (Å²) in [6.07, 6.45) is 1.75. The summed E-state index contributed by atoms with van der Waals surface area (Å²) >= 11 is 3.08. The molecule has 0 aromatic heterocycles. The van der Waals surface area contributed by atoms with E-state index in [0.717, 1.165) is 6.42 Å². The number of carbonyl (C=O) groups is 1. The van der Waals surface area contributed by atoms with Crippen LogP contribution < -0.4 is 0 Å². The fraction of sp³-hybridized carbons (Fsp3) is 0.857. The molecule has 0 saturated carbocycles. The summed E-state index contributed by atoms with van der Waals surface area (Å²) in [6.45, 7) is 4.11. The molecule has 60 valence electrons. The smallest absolute Gasteiger partial charge is 0.317 e. The number of halogens is 1. The van der Waals surface area contributed by atoms with Gasteiger partial charge in [0.05, 0.1) is 0 Å². The zero-order valence-electron chi connectivity index (χ0n) is 6.30. The van der Waals surface area contributed by atoms with Crippen molar-refractivity contribution in [1.82, 2.24) is 0 Å². The Labute approximate surface area is 69.8 Å². The lowest BCUT2D eigenvalue weighted by Crippen LogP contribution is -2.15. The minimum Gasteiger partial charge on any atom is -0.480 e. The van der Waals surface area contributed by atoms with E-state index >= 15 is 0 Å². The zero-order chi connectivity index (χ0) is 8.15. The molecule has 0 aliphatic heterocycles. The first-order valence-corrected chi connectivity index (χ1v) is 4.36. The minimum absolute atomic E-state index is 0.373. The highest BCUT2D eigenvalue weighted by molar-refractivity contribution is 9.10. The Morgan fingerprint density at radius 2 is 2.20 bits per heavy atom. The first kappa shape index (κ1) is 9.95. The molecule has 0 aromatic carbocycles. The summed E-state index contributed by atoms with van der Waals surface area (Å²) in [5, 5.41) is 8.48. The molecule has 3 heteroatoms. The number of hydrogen-bond acceptors (Lipinski definition) is 1. The topological polar surface area (TPSA) is 37.3 Å². The number of aliphatic carboxylic acids is 1. The Hall–Kier alpha value is -0.0500. The number of hydrogen-bond donors (Lipinski definition) is 1. The van der Waals surface area contributed by atoms with Gasteiger partial charge in [-0.2, -0.15) is 0 Å². The van der Waals surface area contributed by atoms with E-state index in [9.17, 15) is 4.79 Å². The van der Waals surface area contributed by atoms with Gasteiger partial charge in [-0.05, 0) is 12.3 Å². The van der Waals surface area contributed by atoms with Crippen LogP contribution in [0.15, 0.2) is 0 Å². The van der Waals surface area contributed by atoms with Gasteiger partial charge in [-0.25, -0.2) is 0 Å². The molecule has 2 atom stereocenters. The fourth-order valence-corrected chi connectivity index (χ4v) is 1.26. The molecule has 0 heterocycles. The normalized spacial score (nSPS) is 16.3. The highest BCUT2D eigenvalue weighted by Gasteiger charge is 2.15. The van der Waals surface area contributed by atoms with E-state index in [1.54, 1.807) is 0 Å². The predicted octanol–water partition coefficient (Wildman–Crippen LogP) is 2.27. The third-order valence-corrected chi connectivity index (χ3v) is 2.34. The van der Waals surface area contributed by atoms with Gasteiger partial charge in [0, 0.05) is 0 Å². The van der Waals surface area contributed by atoms with Gasteiger partial charge in [-0.1, -0.05) is 36.2 Å². The fourth-order valence-electron chi connectivity index (χ4n) is 0.621. The van der Waals surface area contributed by atoms with Crippen LogP contribution in [0.5, 0.6) is 0 Å². The van der Waals surface area contributed by atoms with E-state index in [1.807, 2.05) is 0 Å². The molecule has 10 heavy (non-hydrogen) atoms. The van der Waals surface area contributed by atoms with Crippen molar-refractivity contribution in [3.05, 3.63) is 0 Å². The van der Waals surface area contributed by atoms with Crippen LogP contribution in [0, 0.1) is 5.92 Å². The lowest BCUT2D eigenvalue weighted by Gasteiger charge is -2.09. The molecular formula is C7H13BrO2. The van der Waals surface area contributed by atoms with E-state index in [-0.39, 0.29) is 4.83 Å². The van der Waals surface area contributed by atoms with E-state index in [2.05, 4.69) is 29.8 Å². The Morgan fingerprint density at radius 3 is 2.50 bits per heavy atom. The molecule has 0 aromatic rings. The molecule has 0 radical (unpaired) electrons. The van der Waals surface area contributed by atoms with Gasteiger partial charge >= 0.3 is 5.97 Å². The number of rotatable bonds is 4. The molecule has 0 rings (SSSR count). The molecule has 0 aliphatic carbocycles. The van der Waals surface area contributed by atoms with Crippen LogP contribution in [-0.2, 0) is 4.79 Å². The van der Waals surface area contributed by atoms with Crippen molar-refractivity contribution in [3.8, 4) is 0 Å². The van der Waals surface area contributed by atoms with Crippen molar-refractivity contribution in [2.75, 3.05) is 0 Å². The number of carboxylic acids is 1. The van der Waals surface area contributed by atoms with Gasteiger partial charge in [0.15, 0.2) is 0 Å². The molecule has 0 bridgehead atoms. The molecule has 0 aliphatic rings. The average Bonchev–Trinajstić information content (AvgIpc) is 1.87. The minimum atomic E-state index is -0.764. The number of carboxylic acid groups (broad SMARTS) is 1. The SMILES string of the molecule is CCC(C)CC(Br)C(=O)O. The largest absolute Gasteiger partial charge is 0.480 e. The van der Waals surface area contributed by atoms with Gasteiger partial charge in [-0.3, -0.25) is 4.79 Å². The van der Waals surface area contributed by atoms with Gasteiger partial charge in [-0.15, -0.1) is 0 Å². The van der Waals surface area contributed by atoms with Crippen LogP contribution in [0.1, 0.15) is 26.7 Å². The molecule has 0 saturated heterocycles. The number of alkyl halides is 1. The van der Waals surface area contributed by atoms with Crippen LogP contribution in [0.3, 0.4) is 0 Å². The van der Waals surface area contributed by atoms with Crippen LogP contribution in [-0.4, -0.2) is 15.9 Å². The zero-order valence-corrected chi connectivity index (χ0v) is 7.89. The van der Waals surface area contributed by atoms with Crippen LogP contribution in [0.2, 0.25) is 0 Å². The second kappa shape index (κ2) is 4.72. The third kappa shape index (κ3) is 3.88. The van der Waals surface area contributed by atoms with E-state index in [0.29, 0.717) is 12.3 Å². The second-order valence-corrected chi connectivity index (χ2v) is 3.66. The van der Waals surface area contributed by atoms with Crippen molar-refractivity contribution in [1.29, 1.82) is 0 Å². The molecule has 2 unspecified atom stereocenters. The highest BCUT2D eigenvalue weighted by Crippen LogP contribution is 2.15. The summed E-state index contributed by atoms with van der Waals surface area (Å²) in [4.78, 5) is 9.93. The van der Waals surface area contributed by atoms with Crippen LogP contribution in [0.4, 0.5) is 0 Å². The maximum atomic E-state index is 10.3. The van der Waals surface area contributed by atoms with E-state index in [4.69, 9.17) is 5.11 Å². The Kier molecular flexibility index (Phi) is 4.69. The van der Waals surface area contributed by atoms with E-state index in [1.165, 1.54) is 0 Å². The maximum absolute atomic E-state index is 10.3. The monoisotopic (exact) mass is 208 g/mol. The molecule has 0 spiro atoms. The summed E-state index contributed by atoms with van der Waals surface area (Å²) < 4.78 is 0. The first-order valence-electron chi connectivity index (χ1n) is 3.44. The maximum Gasteiger partial charge on any atom is 0.317 e. The summed E-state index contributed by atoms with van der Waals surface area (Å²) in [5.74, 6) is -0.277. The van der Waals surface area contributed by atoms with Crippen molar-refractivity contribution in [3.63, 3.8) is 0 Å². The second-order valence-electron chi connectivity index (χ2n) is 2.55. The van der Waals surface area contributed by atoms with Gasteiger partial charge in [0.2, 0.25) is 0 Å². The molecular weight excluding hydrogens is 196 g/mol. The van der Waals surface area contributed by atoms with Crippen LogP contribution >= 0.6 is 15.9 Å². The Morgan fingerprint density at radius 1 is 1.70 bits per heavy atom. The van der Waals surface area contributed by atoms with Crippen molar-refractivity contribution >= 4 is 21.9 Å². The average molecular weight is 209 g/mol. The lowest BCUT2D eigenvalue weighted by atomic mass is 10.0.